The van der Waals surface area contributed by atoms with Crippen LogP contribution in [-0.4, -0.2) is 34.8 Å². The highest BCUT2D eigenvalue weighted by atomic mass is 35.5. The van der Waals surface area contributed by atoms with Gasteiger partial charge in [-0.15, -0.1) is 9.58 Å². The summed E-state index contributed by atoms with van der Waals surface area (Å²) in [5.41, 5.74) is 0.605. The highest BCUT2D eigenvalue weighted by molar-refractivity contribution is 7.88. The summed E-state index contributed by atoms with van der Waals surface area (Å²) in [5.74, 6) is -0.148. The SMILES string of the molecule is CN(F)S(=O)(=O)c1nc2n(n1)[C@H](c1ccccc1Cl)C[C@@H]2F. The van der Waals surface area contributed by atoms with Crippen molar-refractivity contribution in [1.82, 2.24) is 19.3 Å². The Kier molecular flexibility index (Phi) is 3.66. The van der Waals surface area contributed by atoms with E-state index in [9.17, 15) is 17.3 Å². The lowest BCUT2D eigenvalue weighted by molar-refractivity contribution is 0.176. The summed E-state index contributed by atoms with van der Waals surface area (Å²) >= 11 is 6.10. The molecule has 0 amide bonds. The average Bonchev–Trinajstić information content (AvgIpc) is 3.01. The largest absolute Gasteiger partial charge is 0.306 e. The minimum Gasteiger partial charge on any atom is -0.239 e. The van der Waals surface area contributed by atoms with Crippen LogP contribution in [0.15, 0.2) is 29.4 Å². The maximum atomic E-state index is 14.1. The lowest BCUT2D eigenvalue weighted by Crippen LogP contribution is -2.20. The van der Waals surface area contributed by atoms with Gasteiger partial charge in [0.25, 0.3) is 5.16 Å². The highest BCUT2D eigenvalue weighted by Crippen LogP contribution is 2.41. The molecule has 0 fully saturated rings. The molecule has 0 radical (unpaired) electrons. The Labute approximate surface area is 130 Å². The maximum Gasteiger partial charge on any atom is 0.306 e. The van der Waals surface area contributed by atoms with Gasteiger partial charge in [0.05, 0.1) is 6.04 Å². The van der Waals surface area contributed by atoms with Gasteiger partial charge in [-0.2, -0.15) is 4.98 Å². The number of sulfonamides is 1. The number of fused-ring (bicyclic) bond motifs is 1. The number of halogens is 3. The van der Waals surface area contributed by atoms with Gasteiger partial charge in [-0.1, -0.05) is 29.8 Å². The van der Waals surface area contributed by atoms with E-state index in [0.29, 0.717) is 17.6 Å². The van der Waals surface area contributed by atoms with Gasteiger partial charge in [-0.25, -0.2) is 17.5 Å². The first-order valence-corrected chi connectivity index (χ1v) is 8.14. The molecule has 1 aromatic heterocycles. The molecule has 6 nitrogen and oxygen atoms in total. The van der Waals surface area contributed by atoms with Crippen molar-refractivity contribution < 1.29 is 17.3 Å². The lowest BCUT2D eigenvalue weighted by Gasteiger charge is -2.13. The summed E-state index contributed by atoms with van der Waals surface area (Å²) < 4.78 is 51.3. The number of hydrogen-bond donors (Lipinski definition) is 0. The summed E-state index contributed by atoms with van der Waals surface area (Å²) in [6.45, 7) is 0. The molecule has 2 atom stereocenters. The van der Waals surface area contributed by atoms with Crippen molar-refractivity contribution in [3.63, 3.8) is 0 Å². The van der Waals surface area contributed by atoms with Crippen LogP contribution in [0.3, 0.4) is 0 Å². The van der Waals surface area contributed by atoms with Crippen molar-refractivity contribution in [3.05, 3.63) is 40.7 Å². The van der Waals surface area contributed by atoms with Crippen LogP contribution in [0.25, 0.3) is 0 Å². The van der Waals surface area contributed by atoms with Crippen LogP contribution >= 0.6 is 11.6 Å². The minimum atomic E-state index is -4.47. The molecule has 10 heteroatoms. The van der Waals surface area contributed by atoms with Crippen LogP contribution in [0.4, 0.5) is 8.87 Å². The van der Waals surface area contributed by atoms with Crippen LogP contribution < -0.4 is 0 Å². The van der Waals surface area contributed by atoms with E-state index >= 15 is 0 Å². The molecule has 0 aliphatic carbocycles. The Morgan fingerprint density at radius 1 is 1.41 bits per heavy atom. The number of hydrogen-bond acceptors (Lipinski definition) is 4. The third-order valence-corrected chi connectivity index (χ3v) is 5.11. The third-order valence-electron chi connectivity index (χ3n) is 3.47. The predicted octanol–water partition coefficient (Wildman–Crippen LogP) is 2.44. The first-order valence-electron chi connectivity index (χ1n) is 6.32. The quantitative estimate of drug-likeness (QED) is 0.799. The van der Waals surface area contributed by atoms with Gasteiger partial charge in [-0.3, -0.25) is 0 Å². The molecular formula is C12H11ClF2N4O2S. The zero-order chi connectivity index (χ0) is 16.1. The topological polar surface area (TPSA) is 68.1 Å². The molecule has 2 aromatic rings. The second kappa shape index (κ2) is 5.25. The van der Waals surface area contributed by atoms with E-state index in [4.69, 9.17) is 11.6 Å². The molecule has 0 N–H and O–H groups in total. The first-order chi connectivity index (χ1) is 10.3. The Bertz CT molecular complexity index is 824. The Balaban J connectivity index is 2.10. The van der Waals surface area contributed by atoms with Gasteiger partial charge in [0.2, 0.25) is 0 Å². The minimum absolute atomic E-state index is 0.0465. The number of nitrogens with zero attached hydrogens (tertiary/aromatic N) is 4. The zero-order valence-corrected chi connectivity index (χ0v) is 12.9. The highest BCUT2D eigenvalue weighted by Gasteiger charge is 2.39. The monoisotopic (exact) mass is 348 g/mol. The van der Waals surface area contributed by atoms with Crippen LogP contribution in [0.1, 0.15) is 30.0 Å². The molecule has 0 spiro atoms. The summed E-state index contributed by atoms with van der Waals surface area (Å²) in [6, 6.07) is 6.22. The molecule has 2 heterocycles. The fraction of sp³-hybridized carbons (Fsp3) is 0.333. The molecule has 1 aliphatic rings. The molecule has 0 unspecified atom stereocenters. The van der Waals surface area contributed by atoms with Gasteiger partial charge in [0.15, 0.2) is 12.0 Å². The maximum absolute atomic E-state index is 14.1. The fourth-order valence-corrected chi connectivity index (χ4v) is 3.27. The fourth-order valence-electron chi connectivity index (χ4n) is 2.38. The van der Waals surface area contributed by atoms with Gasteiger partial charge >= 0.3 is 10.0 Å². The first kappa shape index (κ1) is 15.3. The predicted molar refractivity (Wildman–Crippen MR) is 74.1 cm³/mol. The Morgan fingerprint density at radius 3 is 2.73 bits per heavy atom. The molecule has 3 rings (SSSR count). The normalized spacial score (nSPS) is 21.3. The van der Waals surface area contributed by atoms with E-state index in [0.717, 1.165) is 4.68 Å². The molecule has 1 aromatic carbocycles. The van der Waals surface area contributed by atoms with Crippen LogP contribution in [0.5, 0.6) is 0 Å². The van der Waals surface area contributed by atoms with Gasteiger partial charge in [0, 0.05) is 18.5 Å². The summed E-state index contributed by atoms with van der Waals surface area (Å²) in [5, 5.41) is 3.41. The molecule has 22 heavy (non-hydrogen) atoms. The molecule has 0 bridgehead atoms. The van der Waals surface area contributed by atoms with E-state index in [1.54, 1.807) is 24.3 Å². The Morgan fingerprint density at radius 2 is 2.09 bits per heavy atom. The standard InChI is InChI=1S/C12H11ClF2N4O2S/c1-18(15)22(20,21)12-16-11-9(14)6-10(19(11)17-12)7-4-2-3-5-8(7)13/h2-5,9-10H,6H2,1H3/t9-,10-/m0/s1. The van der Waals surface area contributed by atoms with Gasteiger partial charge in [0.1, 0.15) is 0 Å². The van der Waals surface area contributed by atoms with Gasteiger partial charge in [-0.05, 0) is 16.2 Å². The smallest absolute Gasteiger partial charge is 0.239 e. The van der Waals surface area contributed by atoms with E-state index in [2.05, 4.69) is 10.1 Å². The lowest BCUT2D eigenvalue weighted by atomic mass is 10.0. The average molecular weight is 349 g/mol. The van der Waals surface area contributed by atoms with Crippen molar-refractivity contribution >= 4 is 21.6 Å². The van der Waals surface area contributed by atoms with E-state index in [-0.39, 0.29) is 12.2 Å². The van der Waals surface area contributed by atoms with Crippen molar-refractivity contribution in [2.24, 2.45) is 0 Å². The number of rotatable bonds is 3. The van der Waals surface area contributed by atoms with E-state index in [1.807, 2.05) is 0 Å². The number of alkyl halides is 1. The van der Waals surface area contributed by atoms with Crippen LogP contribution in [0, 0.1) is 0 Å². The molecule has 1 aliphatic heterocycles. The number of aromatic nitrogens is 3. The second-order valence-electron chi connectivity index (χ2n) is 4.83. The summed E-state index contributed by atoms with van der Waals surface area (Å²) in [7, 11) is -3.76. The van der Waals surface area contributed by atoms with Crippen LogP contribution in [-0.2, 0) is 10.0 Å². The molecule has 0 saturated heterocycles. The van der Waals surface area contributed by atoms with Crippen molar-refractivity contribution in [2.45, 2.75) is 23.8 Å². The number of benzene rings is 1. The molecule has 118 valence electrons. The van der Waals surface area contributed by atoms with E-state index < -0.39 is 31.9 Å². The molecular weight excluding hydrogens is 338 g/mol. The van der Waals surface area contributed by atoms with Crippen molar-refractivity contribution in [3.8, 4) is 0 Å². The third kappa shape index (κ3) is 2.29. The summed E-state index contributed by atoms with van der Waals surface area (Å²) in [6.07, 6.45) is -1.45. The second-order valence-corrected chi connectivity index (χ2v) is 7.06. The zero-order valence-electron chi connectivity index (χ0n) is 11.3. The molecule has 0 saturated carbocycles. The van der Waals surface area contributed by atoms with Crippen LogP contribution in [0.2, 0.25) is 5.02 Å². The Hall–Kier alpha value is -1.58. The van der Waals surface area contributed by atoms with Crippen molar-refractivity contribution in [2.75, 3.05) is 7.05 Å². The summed E-state index contributed by atoms with van der Waals surface area (Å²) in [4.78, 5) is 3.63. The van der Waals surface area contributed by atoms with E-state index in [1.165, 1.54) is 0 Å². The van der Waals surface area contributed by atoms with Gasteiger partial charge < -0.3 is 0 Å². The van der Waals surface area contributed by atoms with Crippen molar-refractivity contribution in [1.29, 1.82) is 0 Å².